The van der Waals surface area contributed by atoms with Crippen LogP contribution in [0.15, 0.2) is 0 Å². The maximum atomic E-state index is 10.1. The third-order valence-electron chi connectivity index (χ3n) is 2.83. The van der Waals surface area contributed by atoms with Crippen LogP contribution < -0.4 is 0 Å². The fourth-order valence-corrected chi connectivity index (χ4v) is 2.08. The van der Waals surface area contributed by atoms with Gasteiger partial charge in [0.1, 0.15) is 0 Å². The van der Waals surface area contributed by atoms with Gasteiger partial charge >= 0.3 is 0 Å². The van der Waals surface area contributed by atoms with Crippen LogP contribution in [-0.4, -0.2) is 14.8 Å². The summed E-state index contributed by atoms with van der Waals surface area (Å²) in [5, 5.41) is 20.2. The molecule has 16 heavy (non-hydrogen) atoms. The van der Waals surface area contributed by atoms with Gasteiger partial charge in [-0.25, -0.2) is 0 Å². The minimum Gasteiger partial charge on any atom is -0.494 e. The molecule has 1 aromatic rings. The molecule has 92 valence electrons. The third-order valence-corrected chi connectivity index (χ3v) is 2.83. The van der Waals surface area contributed by atoms with E-state index in [-0.39, 0.29) is 22.6 Å². The van der Waals surface area contributed by atoms with Crippen molar-refractivity contribution < 1.29 is 10.2 Å². The highest BCUT2D eigenvalue weighted by Gasteiger charge is 2.34. The minimum atomic E-state index is -0.189. The number of aromatic nitrogens is 1. The van der Waals surface area contributed by atoms with E-state index in [0.717, 1.165) is 11.1 Å². The largest absolute Gasteiger partial charge is 0.494 e. The van der Waals surface area contributed by atoms with Gasteiger partial charge in [0.15, 0.2) is 11.8 Å². The SMILES string of the molecule is Cn1c(O)c(C(C)(C)C)c(C(C)(C)C)c1O. The monoisotopic (exact) mass is 225 g/mol. The third kappa shape index (κ3) is 1.91. The average Bonchev–Trinajstić information content (AvgIpc) is 2.27. The molecule has 1 heterocycles. The molecule has 0 bridgehead atoms. The first-order chi connectivity index (χ1) is 6.98. The number of aromatic hydroxyl groups is 2. The molecule has 0 fully saturated rings. The van der Waals surface area contributed by atoms with Crippen molar-refractivity contribution in [2.24, 2.45) is 7.05 Å². The van der Waals surface area contributed by atoms with Gasteiger partial charge in [-0.1, -0.05) is 41.5 Å². The topological polar surface area (TPSA) is 45.4 Å². The first-order valence-corrected chi connectivity index (χ1v) is 5.59. The van der Waals surface area contributed by atoms with Gasteiger partial charge in [0.25, 0.3) is 0 Å². The van der Waals surface area contributed by atoms with Gasteiger partial charge in [0.2, 0.25) is 0 Å². The fraction of sp³-hybridized carbons (Fsp3) is 0.692. The van der Waals surface area contributed by atoms with Crippen LogP contribution in [0.2, 0.25) is 0 Å². The van der Waals surface area contributed by atoms with Gasteiger partial charge < -0.3 is 10.2 Å². The molecule has 0 amide bonds. The van der Waals surface area contributed by atoms with Crippen molar-refractivity contribution in [3.8, 4) is 11.8 Å². The molecule has 0 radical (unpaired) electrons. The van der Waals surface area contributed by atoms with Crippen LogP contribution in [0.4, 0.5) is 0 Å². The fourth-order valence-electron chi connectivity index (χ4n) is 2.08. The van der Waals surface area contributed by atoms with Gasteiger partial charge in [-0.2, -0.15) is 0 Å². The molecule has 0 aromatic carbocycles. The summed E-state index contributed by atoms with van der Waals surface area (Å²) in [6, 6.07) is 0. The molecule has 2 N–H and O–H groups in total. The number of rotatable bonds is 0. The van der Waals surface area contributed by atoms with Crippen molar-refractivity contribution in [1.82, 2.24) is 4.57 Å². The second-order valence-corrected chi connectivity index (χ2v) is 6.46. The molecule has 0 unspecified atom stereocenters. The van der Waals surface area contributed by atoms with Gasteiger partial charge in [0.05, 0.1) is 0 Å². The highest BCUT2D eigenvalue weighted by molar-refractivity contribution is 5.52. The van der Waals surface area contributed by atoms with Gasteiger partial charge in [-0.05, 0) is 10.8 Å². The van der Waals surface area contributed by atoms with E-state index in [2.05, 4.69) is 0 Å². The predicted molar refractivity (Wildman–Crippen MR) is 66.1 cm³/mol. The lowest BCUT2D eigenvalue weighted by Crippen LogP contribution is -2.20. The summed E-state index contributed by atoms with van der Waals surface area (Å²) >= 11 is 0. The van der Waals surface area contributed by atoms with Crippen molar-refractivity contribution in [2.75, 3.05) is 0 Å². The zero-order chi connectivity index (χ0) is 12.9. The Balaban J connectivity index is 3.66. The predicted octanol–water partition coefficient (Wildman–Crippen LogP) is 3.03. The van der Waals surface area contributed by atoms with E-state index >= 15 is 0 Å². The van der Waals surface area contributed by atoms with E-state index < -0.39 is 0 Å². The molecule has 1 aromatic heterocycles. The lowest BCUT2D eigenvalue weighted by atomic mass is 9.77. The van der Waals surface area contributed by atoms with Crippen molar-refractivity contribution >= 4 is 0 Å². The normalized spacial score (nSPS) is 13.2. The second kappa shape index (κ2) is 3.44. The second-order valence-electron chi connectivity index (χ2n) is 6.46. The summed E-state index contributed by atoms with van der Waals surface area (Å²) in [7, 11) is 1.68. The quantitative estimate of drug-likeness (QED) is 0.713. The standard InChI is InChI=1S/C13H23NO2/c1-12(2,3)8-9(13(4,5)6)11(16)14(7)10(8)15/h15-16H,1-7H3. The molecule has 3 heteroatoms. The molecule has 0 aliphatic carbocycles. The first-order valence-electron chi connectivity index (χ1n) is 5.59. The van der Waals surface area contributed by atoms with Crippen molar-refractivity contribution in [1.29, 1.82) is 0 Å². The maximum absolute atomic E-state index is 10.1. The lowest BCUT2D eigenvalue weighted by Gasteiger charge is -2.26. The summed E-state index contributed by atoms with van der Waals surface area (Å²) in [4.78, 5) is 0. The summed E-state index contributed by atoms with van der Waals surface area (Å²) in [6.45, 7) is 12.2. The van der Waals surface area contributed by atoms with E-state index in [9.17, 15) is 10.2 Å². The van der Waals surface area contributed by atoms with E-state index in [1.807, 2.05) is 41.5 Å². The smallest absolute Gasteiger partial charge is 0.197 e. The van der Waals surface area contributed by atoms with Gasteiger partial charge in [0, 0.05) is 18.2 Å². The van der Waals surface area contributed by atoms with Crippen LogP contribution in [0.5, 0.6) is 11.8 Å². The average molecular weight is 225 g/mol. The van der Waals surface area contributed by atoms with Crippen LogP contribution in [0, 0.1) is 0 Å². The molecule has 0 atom stereocenters. The Morgan fingerprint density at radius 3 is 1.19 bits per heavy atom. The van der Waals surface area contributed by atoms with Crippen LogP contribution in [-0.2, 0) is 17.9 Å². The van der Waals surface area contributed by atoms with Crippen molar-refractivity contribution in [3.05, 3.63) is 11.1 Å². The summed E-state index contributed by atoms with van der Waals surface area (Å²) in [5.41, 5.74) is 1.29. The van der Waals surface area contributed by atoms with Gasteiger partial charge in [-0.3, -0.25) is 4.57 Å². The van der Waals surface area contributed by atoms with Gasteiger partial charge in [-0.15, -0.1) is 0 Å². The first kappa shape index (κ1) is 12.9. The Morgan fingerprint density at radius 1 is 0.750 bits per heavy atom. The number of hydrogen-bond donors (Lipinski definition) is 2. The van der Waals surface area contributed by atoms with Crippen LogP contribution in [0.25, 0.3) is 0 Å². The zero-order valence-corrected chi connectivity index (χ0v) is 11.3. The lowest BCUT2D eigenvalue weighted by molar-refractivity contribution is 0.377. The highest BCUT2D eigenvalue weighted by atomic mass is 16.3. The number of hydrogen-bond acceptors (Lipinski definition) is 2. The van der Waals surface area contributed by atoms with Crippen LogP contribution >= 0.6 is 0 Å². The number of nitrogens with zero attached hydrogens (tertiary/aromatic N) is 1. The van der Waals surface area contributed by atoms with Crippen molar-refractivity contribution in [2.45, 2.75) is 52.4 Å². The molecular weight excluding hydrogens is 202 g/mol. The molecular formula is C13H23NO2. The Kier molecular flexibility index (Phi) is 2.78. The maximum Gasteiger partial charge on any atom is 0.197 e. The Morgan fingerprint density at radius 2 is 1.00 bits per heavy atom. The molecule has 0 aliphatic heterocycles. The zero-order valence-electron chi connectivity index (χ0n) is 11.3. The molecule has 0 saturated heterocycles. The molecule has 3 nitrogen and oxygen atoms in total. The molecule has 0 spiro atoms. The van der Waals surface area contributed by atoms with E-state index in [4.69, 9.17) is 0 Å². The summed E-state index contributed by atoms with van der Waals surface area (Å²) < 4.78 is 1.45. The Hall–Kier alpha value is -1.12. The summed E-state index contributed by atoms with van der Waals surface area (Å²) in [6.07, 6.45) is 0. The molecule has 0 saturated carbocycles. The minimum absolute atomic E-state index is 0.162. The van der Waals surface area contributed by atoms with Crippen LogP contribution in [0.1, 0.15) is 52.7 Å². The highest BCUT2D eigenvalue weighted by Crippen LogP contribution is 2.45. The van der Waals surface area contributed by atoms with Crippen LogP contribution in [0.3, 0.4) is 0 Å². The summed E-state index contributed by atoms with van der Waals surface area (Å²) in [5.74, 6) is 0.324. The Labute approximate surface area is 97.7 Å². The Bertz CT molecular complexity index is 366. The van der Waals surface area contributed by atoms with E-state index in [1.54, 1.807) is 7.05 Å². The molecule has 1 rings (SSSR count). The molecule has 0 aliphatic rings. The van der Waals surface area contributed by atoms with E-state index in [1.165, 1.54) is 4.57 Å². The van der Waals surface area contributed by atoms with Crippen molar-refractivity contribution in [3.63, 3.8) is 0 Å². The van der Waals surface area contributed by atoms with E-state index in [0.29, 0.717) is 0 Å².